The van der Waals surface area contributed by atoms with Gasteiger partial charge < -0.3 is 5.32 Å². The Morgan fingerprint density at radius 2 is 2.47 bits per heavy atom. The summed E-state index contributed by atoms with van der Waals surface area (Å²) in [4.78, 5) is 0. The van der Waals surface area contributed by atoms with Crippen LogP contribution in [0.1, 0.15) is 24.6 Å². The number of thioether (sulfide) groups is 1. The van der Waals surface area contributed by atoms with Crippen molar-refractivity contribution in [3.05, 3.63) is 17.5 Å². The molecule has 1 aliphatic heterocycles. The fourth-order valence-corrected chi connectivity index (χ4v) is 3.11. The SMILES string of the molecule is Cc1c(CNC2CSC(C)C2)cnn1C. The summed E-state index contributed by atoms with van der Waals surface area (Å²) in [5, 5.41) is 8.67. The third-order valence-electron chi connectivity index (χ3n) is 3.12. The van der Waals surface area contributed by atoms with E-state index in [1.165, 1.54) is 23.4 Å². The Morgan fingerprint density at radius 1 is 1.67 bits per heavy atom. The van der Waals surface area contributed by atoms with E-state index in [9.17, 15) is 0 Å². The van der Waals surface area contributed by atoms with E-state index in [0.29, 0.717) is 6.04 Å². The molecule has 1 saturated heterocycles. The first-order chi connectivity index (χ1) is 7.16. The van der Waals surface area contributed by atoms with Gasteiger partial charge in [-0.2, -0.15) is 16.9 Å². The Morgan fingerprint density at radius 3 is 3.00 bits per heavy atom. The van der Waals surface area contributed by atoms with Crippen molar-refractivity contribution < 1.29 is 0 Å². The Labute approximate surface area is 95.6 Å². The standard InChI is InChI=1S/C11H19N3S/c1-8-4-11(7-15-8)12-5-10-6-13-14(3)9(10)2/h6,8,11-12H,4-5,7H2,1-3H3. The zero-order valence-corrected chi connectivity index (χ0v) is 10.5. The van der Waals surface area contributed by atoms with Gasteiger partial charge in [-0.25, -0.2) is 0 Å². The van der Waals surface area contributed by atoms with Gasteiger partial charge in [-0.3, -0.25) is 4.68 Å². The number of hydrogen-bond acceptors (Lipinski definition) is 3. The number of nitrogens with one attached hydrogen (secondary N) is 1. The molecule has 84 valence electrons. The summed E-state index contributed by atoms with van der Waals surface area (Å²) < 4.78 is 1.93. The molecule has 2 unspecified atom stereocenters. The van der Waals surface area contributed by atoms with Gasteiger partial charge in [0.15, 0.2) is 0 Å². The molecule has 2 atom stereocenters. The van der Waals surface area contributed by atoms with Gasteiger partial charge in [0.25, 0.3) is 0 Å². The van der Waals surface area contributed by atoms with Crippen molar-refractivity contribution >= 4 is 11.8 Å². The molecule has 0 aliphatic carbocycles. The minimum atomic E-state index is 0.685. The molecule has 0 amide bonds. The molecule has 4 heteroatoms. The molecule has 1 aliphatic rings. The second-order valence-electron chi connectivity index (χ2n) is 4.34. The van der Waals surface area contributed by atoms with Crippen LogP contribution in [-0.4, -0.2) is 26.8 Å². The van der Waals surface area contributed by atoms with Crippen LogP contribution in [0.25, 0.3) is 0 Å². The zero-order valence-electron chi connectivity index (χ0n) is 9.66. The monoisotopic (exact) mass is 225 g/mol. The van der Waals surface area contributed by atoms with Crippen molar-refractivity contribution in [2.45, 2.75) is 38.1 Å². The van der Waals surface area contributed by atoms with E-state index in [1.807, 2.05) is 17.9 Å². The molecular formula is C11H19N3S. The van der Waals surface area contributed by atoms with Crippen LogP contribution < -0.4 is 5.32 Å². The summed E-state index contributed by atoms with van der Waals surface area (Å²) >= 11 is 2.07. The van der Waals surface area contributed by atoms with Crippen molar-refractivity contribution in [1.29, 1.82) is 0 Å². The molecule has 0 radical (unpaired) electrons. The van der Waals surface area contributed by atoms with Gasteiger partial charge in [0.1, 0.15) is 0 Å². The molecule has 0 bridgehead atoms. The van der Waals surface area contributed by atoms with E-state index < -0.39 is 0 Å². The van der Waals surface area contributed by atoms with Crippen LogP contribution in [0.3, 0.4) is 0 Å². The van der Waals surface area contributed by atoms with E-state index in [0.717, 1.165) is 11.8 Å². The van der Waals surface area contributed by atoms with Crippen LogP contribution >= 0.6 is 11.8 Å². The number of aromatic nitrogens is 2. The largest absolute Gasteiger partial charge is 0.309 e. The summed E-state index contributed by atoms with van der Waals surface area (Å²) in [5.74, 6) is 1.25. The summed E-state index contributed by atoms with van der Waals surface area (Å²) in [6.07, 6.45) is 3.26. The first-order valence-corrected chi connectivity index (χ1v) is 6.54. The number of aryl methyl sites for hydroxylation is 1. The highest BCUT2D eigenvalue weighted by Gasteiger charge is 2.21. The lowest BCUT2D eigenvalue weighted by Crippen LogP contribution is -2.28. The third-order valence-corrected chi connectivity index (χ3v) is 4.47. The van der Waals surface area contributed by atoms with E-state index >= 15 is 0 Å². The molecule has 0 aromatic carbocycles. The molecule has 1 N–H and O–H groups in total. The van der Waals surface area contributed by atoms with Gasteiger partial charge in [0.05, 0.1) is 6.20 Å². The van der Waals surface area contributed by atoms with Crippen LogP contribution in [0.5, 0.6) is 0 Å². The molecule has 1 fully saturated rings. The molecule has 3 nitrogen and oxygen atoms in total. The molecule has 0 spiro atoms. The lowest BCUT2D eigenvalue weighted by Gasteiger charge is -2.10. The second kappa shape index (κ2) is 4.58. The molecule has 2 heterocycles. The van der Waals surface area contributed by atoms with Crippen molar-refractivity contribution in [3.63, 3.8) is 0 Å². The fraction of sp³-hybridized carbons (Fsp3) is 0.727. The fourth-order valence-electron chi connectivity index (χ4n) is 1.93. The Bertz CT molecular complexity index is 335. The number of nitrogens with zero attached hydrogens (tertiary/aromatic N) is 2. The van der Waals surface area contributed by atoms with Gasteiger partial charge in [-0.1, -0.05) is 6.92 Å². The zero-order chi connectivity index (χ0) is 10.8. The van der Waals surface area contributed by atoms with E-state index in [-0.39, 0.29) is 0 Å². The third kappa shape index (κ3) is 2.55. The molecule has 0 saturated carbocycles. The molecule has 1 aromatic heterocycles. The van der Waals surface area contributed by atoms with Gasteiger partial charge in [0.2, 0.25) is 0 Å². The first-order valence-electron chi connectivity index (χ1n) is 5.49. The van der Waals surface area contributed by atoms with E-state index in [4.69, 9.17) is 0 Å². The Balaban J connectivity index is 1.85. The summed E-state index contributed by atoms with van der Waals surface area (Å²) in [7, 11) is 1.99. The normalized spacial score (nSPS) is 26.1. The molecular weight excluding hydrogens is 206 g/mol. The van der Waals surface area contributed by atoms with Crippen LogP contribution in [0, 0.1) is 6.92 Å². The van der Waals surface area contributed by atoms with Crippen LogP contribution in [0.2, 0.25) is 0 Å². The minimum absolute atomic E-state index is 0.685. The average Bonchev–Trinajstić information content (AvgIpc) is 2.74. The van der Waals surface area contributed by atoms with Crippen LogP contribution in [0.15, 0.2) is 6.20 Å². The van der Waals surface area contributed by atoms with Gasteiger partial charge in [-0.05, 0) is 13.3 Å². The van der Waals surface area contributed by atoms with Gasteiger partial charge in [0, 0.05) is 41.9 Å². The summed E-state index contributed by atoms with van der Waals surface area (Å²) in [6, 6.07) is 0.685. The predicted molar refractivity (Wildman–Crippen MR) is 65.1 cm³/mol. The minimum Gasteiger partial charge on any atom is -0.309 e. The van der Waals surface area contributed by atoms with Crippen LogP contribution in [-0.2, 0) is 13.6 Å². The van der Waals surface area contributed by atoms with E-state index in [2.05, 4.69) is 36.0 Å². The lowest BCUT2D eigenvalue weighted by atomic mass is 10.2. The summed E-state index contributed by atoms with van der Waals surface area (Å²) in [5.41, 5.74) is 2.59. The van der Waals surface area contributed by atoms with Crippen molar-refractivity contribution in [2.75, 3.05) is 5.75 Å². The first kappa shape index (κ1) is 11.0. The topological polar surface area (TPSA) is 29.9 Å². The molecule has 1 aromatic rings. The van der Waals surface area contributed by atoms with Crippen molar-refractivity contribution in [2.24, 2.45) is 7.05 Å². The van der Waals surface area contributed by atoms with Crippen molar-refractivity contribution in [3.8, 4) is 0 Å². The lowest BCUT2D eigenvalue weighted by molar-refractivity contribution is 0.537. The average molecular weight is 225 g/mol. The highest BCUT2D eigenvalue weighted by Crippen LogP contribution is 2.26. The molecule has 15 heavy (non-hydrogen) atoms. The number of rotatable bonds is 3. The Hall–Kier alpha value is -0.480. The Kier molecular flexibility index (Phi) is 3.36. The van der Waals surface area contributed by atoms with Crippen molar-refractivity contribution in [1.82, 2.24) is 15.1 Å². The van der Waals surface area contributed by atoms with Gasteiger partial charge >= 0.3 is 0 Å². The van der Waals surface area contributed by atoms with Gasteiger partial charge in [-0.15, -0.1) is 0 Å². The smallest absolute Gasteiger partial charge is 0.0537 e. The maximum Gasteiger partial charge on any atom is 0.0537 e. The molecule has 2 rings (SSSR count). The maximum absolute atomic E-state index is 4.25. The summed E-state index contributed by atoms with van der Waals surface area (Å²) in [6.45, 7) is 5.38. The highest BCUT2D eigenvalue weighted by molar-refractivity contribution is 8.00. The predicted octanol–water partition coefficient (Wildman–Crippen LogP) is 1.71. The van der Waals surface area contributed by atoms with E-state index in [1.54, 1.807) is 0 Å². The number of hydrogen-bond donors (Lipinski definition) is 1. The highest BCUT2D eigenvalue weighted by atomic mass is 32.2. The quantitative estimate of drug-likeness (QED) is 0.849. The second-order valence-corrected chi connectivity index (χ2v) is 5.81. The maximum atomic E-state index is 4.25. The van der Waals surface area contributed by atoms with Crippen LogP contribution in [0.4, 0.5) is 0 Å².